The Morgan fingerprint density at radius 2 is 1.76 bits per heavy atom. The number of halogens is 1. The SMILES string of the molecule is CCOC(=O)Oc1ccc(NCc2ccc(F)cc2)cc1. The average Bonchev–Trinajstić information content (AvgIpc) is 2.48. The molecule has 0 radical (unpaired) electrons. The van der Waals surface area contributed by atoms with Gasteiger partial charge in [0, 0.05) is 12.2 Å². The molecule has 0 aliphatic heterocycles. The van der Waals surface area contributed by atoms with Crippen molar-refractivity contribution in [3.8, 4) is 5.75 Å². The monoisotopic (exact) mass is 289 g/mol. The van der Waals surface area contributed by atoms with Crippen LogP contribution in [0.3, 0.4) is 0 Å². The largest absolute Gasteiger partial charge is 0.513 e. The Morgan fingerprint density at radius 1 is 1.10 bits per heavy atom. The first kappa shape index (κ1) is 14.8. The van der Waals surface area contributed by atoms with Crippen molar-refractivity contribution in [3.63, 3.8) is 0 Å². The molecule has 0 amide bonds. The molecule has 5 heteroatoms. The van der Waals surface area contributed by atoms with E-state index in [1.165, 1.54) is 12.1 Å². The minimum absolute atomic E-state index is 0.251. The van der Waals surface area contributed by atoms with Gasteiger partial charge in [-0.1, -0.05) is 12.1 Å². The van der Waals surface area contributed by atoms with Gasteiger partial charge in [-0.2, -0.15) is 0 Å². The molecular formula is C16H16FNO3. The van der Waals surface area contributed by atoms with Gasteiger partial charge in [0.1, 0.15) is 11.6 Å². The Bertz CT molecular complexity index is 581. The van der Waals surface area contributed by atoms with Crippen LogP contribution in [0.2, 0.25) is 0 Å². The number of carbonyl (C=O) groups excluding carboxylic acids is 1. The Balaban J connectivity index is 1.87. The van der Waals surface area contributed by atoms with Crippen molar-refractivity contribution < 1.29 is 18.7 Å². The second kappa shape index (κ2) is 7.28. The van der Waals surface area contributed by atoms with Crippen molar-refractivity contribution in [3.05, 3.63) is 59.9 Å². The maximum absolute atomic E-state index is 12.8. The minimum atomic E-state index is -0.718. The van der Waals surface area contributed by atoms with Crippen LogP contribution in [0.25, 0.3) is 0 Å². The van der Waals surface area contributed by atoms with Gasteiger partial charge in [-0.15, -0.1) is 0 Å². The molecule has 0 bridgehead atoms. The van der Waals surface area contributed by atoms with Crippen molar-refractivity contribution in [2.45, 2.75) is 13.5 Å². The maximum Gasteiger partial charge on any atom is 0.513 e. The van der Waals surface area contributed by atoms with E-state index in [0.717, 1.165) is 11.3 Å². The third-order valence-corrected chi connectivity index (χ3v) is 2.73. The lowest BCUT2D eigenvalue weighted by molar-refractivity contribution is 0.104. The number of hydrogen-bond acceptors (Lipinski definition) is 4. The Hall–Kier alpha value is -2.56. The first-order chi connectivity index (χ1) is 10.2. The van der Waals surface area contributed by atoms with Gasteiger partial charge in [-0.05, 0) is 48.9 Å². The molecule has 0 fully saturated rings. The van der Waals surface area contributed by atoms with Crippen LogP contribution in [-0.2, 0) is 11.3 Å². The highest BCUT2D eigenvalue weighted by molar-refractivity contribution is 5.64. The summed E-state index contributed by atoms with van der Waals surface area (Å²) in [6.45, 7) is 2.57. The average molecular weight is 289 g/mol. The number of nitrogens with one attached hydrogen (secondary N) is 1. The highest BCUT2D eigenvalue weighted by Gasteiger charge is 2.04. The predicted molar refractivity (Wildman–Crippen MR) is 77.8 cm³/mol. The summed E-state index contributed by atoms with van der Waals surface area (Å²) < 4.78 is 22.4. The Labute approximate surface area is 122 Å². The summed E-state index contributed by atoms with van der Waals surface area (Å²) in [5.41, 5.74) is 1.85. The van der Waals surface area contributed by atoms with Crippen molar-refractivity contribution in [1.29, 1.82) is 0 Å². The van der Waals surface area contributed by atoms with Gasteiger partial charge in [-0.3, -0.25) is 0 Å². The number of ether oxygens (including phenoxy) is 2. The van der Waals surface area contributed by atoms with Crippen LogP contribution in [-0.4, -0.2) is 12.8 Å². The molecule has 21 heavy (non-hydrogen) atoms. The predicted octanol–water partition coefficient (Wildman–Crippen LogP) is 3.97. The molecule has 1 N–H and O–H groups in total. The van der Waals surface area contributed by atoms with Crippen LogP contribution in [0, 0.1) is 5.82 Å². The highest BCUT2D eigenvalue weighted by Crippen LogP contribution is 2.17. The van der Waals surface area contributed by atoms with Crippen LogP contribution >= 0.6 is 0 Å². The molecule has 0 aliphatic rings. The lowest BCUT2D eigenvalue weighted by atomic mass is 10.2. The molecule has 110 valence electrons. The number of hydrogen-bond donors (Lipinski definition) is 1. The number of anilines is 1. The smallest absolute Gasteiger partial charge is 0.434 e. The van der Waals surface area contributed by atoms with E-state index in [9.17, 15) is 9.18 Å². The number of benzene rings is 2. The van der Waals surface area contributed by atoms with Gasteiger partial charge in [0.05, 0.1) is 6.61 Å². The quantitative estimate of drug-likeness (QED) is 0.668. The van der Waals surface area contributed by atoms with Gasteiger partial charge >= 0.3 is 6.16 Å². The summed E-state index contributed by atoms with van der Waals surface area (Å²) in [5.74, 6) is 0.167. The third kappa shape index (κ3) is 4.80. The lowest BCUT2D eigenvalue weighted by Gasteiger charge is -2.08. The zero-order chi connectivity index (χ0) is 15.1. The summed E-state index contributed by atoms with van der Waals surface area (Å²) in [5, 5.41) is 3.19. The second-order valence-electron chi connectivity index (χ2n) is 4.29. The van der Waals surface area contributed by atoms with Crippen molar-refractivity contribution in [1.82, 2.24) is 0 Å². The van der Waals surface area contributed by atoms with E-state index in [1.807, 2.05) is 0 Å². The molecule has 0 saturated heterocycles. The summed E-state index contributed by atoms with van der Waals surface area (Å²) in [4.78, 5) is 11.1. The van der Waals surface area contributed by atoms with Crippen LogP contribution in [0.4, 0.5) is 14.9 Å². The van der Waals surface area contributed by atoms with Crippen molar-refractivity contribution >= 4 is 11.8 Å². The summed E-state index contributed by atoms with van der Waals surface area (Å²) in [6.07, 6.45) is -0.718. The summed E-state index contributed by atoms with van der Waals surface area (Å²) in [6, 6.07) is 13.2. The maximum atomic E-state index is 12.8. The molecule has 0 aliphatic carbocycles. The Morgan fingerprint density at radius 3 is 2.38 bits per heavy atom. The molecule has 0 atom stereocenters. The zero-order valence-corrected chi connectivity index (χ0v) is 11.6. The van der Waals surface area contributed by atoms with E-state index >= 15 is 0 Å². The van der Waals surface area contributed by atoms with Crippen LogP contribution in [0.15, 0.2) is 48.5 Å². The van der Waals surface area contributed by atoms with Gasteiger partial charge < -0.3 is 14.8 Å². The fourth-order valence-electron chi connectivity index (χ4n) is 1.69. The second-order valence-corrected chi connectivity index (χ2v) is 4.29. The molecule has 2 aromatic carbocycles. The summed E-state index contributed by atoms with van der Waals surface area (Å²) in [7, 11) is 0. The molecule has 2 aromatic rings. The molecule has 0 heterocycles. The molecule has 2 rings (SSSR count). The first-order valence-corrected chi connectivity index (χ1v) is 6.60. The van der Waals surface area contributed by atoms with E-state index in [1.54, 1.807) is 43.3 Å². The van der Waals surface area contributed by atoms with E-state index in [2.05, 4.69) is 10.1 Å². The fourth-order valence-corrected chi connectivity index (χ4v) is 1.69. The highest BCUT2D eigenvalue weighted by atomic mass is 19.1. The van der Waals surface area contributed by atoms with E-state index in [4.69, 9.17) is 4.74 Å². The topological polar surface area (TPSA) is 47.6 Å². The van der Waals surface area contributed by atoms with Gasteiger partial charge in [0.15, 0.2) is 0 Å². The van der Waals surface area contributed by atoms with Crippen molar-refractivity contribution in [2.75, 3.05) is 11.9 Å². The van der Waals surface area contributed by atoms with Crippen molar-refractivity contribution in [2.24, 2.45) is 0 Å². The fraction of sp³-hybridized carbons (Fsp3) is 0.188. The number of rotatable bonds is 5. The third-order valence-electron chi connectivity index (χ3n) is 2.73. The first-order valence-electron chi connectivity index (χ1n) is 6.60. The molecule has 0 aromatic heterocycles. The van der Waals surface area contributed by atoms with Crippen LogP contribution in [0.1, 0.15) is 12.5 Å². The van der Waals surface area contributed by atoms with Crippen LogP contribution in [0.5, 0.6) is 5.75 Å². The van der Waals surface area contributed by atoms with Gasteiger partial charge in [0.25, 0.3) is 0 Å². The van der Waals surface area contributed by atoms with Gasteiger partial charge in [-0.25, -0.2) is 9.18 Å². The standard InChI is InChI=1S/C16H16FNO3/c1-2-20-16(19)21-15-9-7-14(8-10-15)18-11-12-3-5-13(17)6-4-12/h3-10,18H,2,11H2,1H3. The van der Waals surface area contributed by atoms with E-state index in [0.29, 0.717) is 12.3 Å². The van der Waals surface area contributed by atoms with E-state index in [-0.39, 0.29) is 12.4 Å². The van der Waals surface area contributed by atoms with Crippen LogP contribution < -0.4 is 10.1 Å². The normalized spacial score (nSPS) is 10.0. The molecular weight excluding hydrogens is 273 g/mol. The molecule has 0 saturated carbocycles. The molecule has 4 nitrogen and oxygen atoms in total. The molecule has 0 unspecified atom stereocenters. The zero-order valence-electron chi connectivity index (χ0n) is 11.6. The van der Waals surface area contributed by atoms with E-state index < -0.39 is 6.16 Å². The number of carbonyl (C=O) groups is 1. The minimum Gasteiger partial charge on any atom is -0.434 e. The lowest BCUT2D eigenvalue weighted by Crippen LogP contribution is -2.09. The Kier molecular flexibility index (Phi) is 5.15. The summed E-state index contributed by atoms with van der Waals surface area (Å²) >= 11 is 0. The van der Waals surface area contributed by atoms with Gasteiger partial charge in [0.2, 0.25) is 0 Å². The molecule has 0 spiro atoms.